The molecule has 0 saturated heterocycles. The molecular weight excluding hydrogens is 292 g/mol. The van der Waals surface area contributed by atoms with Crippen molar-refractivity contribution in [2.24, 2.45) is 0 Å². The van der Waals surface area contributed by atoms with E-state index in [1.807, 2.05) is 0 Å². The Kier molecular flexibility index (Phi) is 6.74. The van der Waals surface area contributed by atoms with Crippen molar-refractivity contribution in [2.45, 2.75) is 6.54 Å². The number of carboxylic acid groups (broad SMARTS) is 1. The maximum Gasteiger partial charge on any atom is 0.313 e. The Balaban J connectivity index is 2.40. The predicted octanol–water partition coefficient (Wildman–Crippen LogP) is 0.822. The number of carbonyl (C=O) groups excluding carboxylic acids is 2. The maximum atomic E-state index is 11.7. The second-order valence-corrected chi connectivity index (χ2v) is 5.55. The van der Waals surface area contributed by atoms with E-state index in [1.165, 1.54) is 4.90 Å². The van der Waals surface area contributed by atoms with Crippen molar-refractivity contribution < 1.29 is 19.5 Å². The molecule has 21 heavy (non-hydrogen) atoms. The zero-order valence-electron chi connectivity index (χ0n) is 12.0. The van der Waals surface area contributed by atoms with Crippen molar-refractivity contribution >= 4 is 29.5 Å². The van der Waals surface area contributed by atoms with E-state index in [9.17, 15) is 14.4 Å². The molecule has 2 N–H and O–H groups in total. The van der Waals surface area contributed by atoms with Gasteiger partial charge in [0.25, 0.3) is 5.91 Å². The number of carboxylic acids is 1. The van der Waals surface area contributed by atoms with E-state index in [4.69, 9.17) is 5.11 Å². The highest BCUT2D eigenvalue weighted by Crippen LogP contribution is 2.06. The molecule has 1 rings (SSSR count). The summed E-state index contributed by atoms with van der Waals surface area (Å²) in [5.74, 6) is -1.20. The Morgan fingerprint density at radius 1 is 1.14 bits per heavy atom. The van der Waals surface area contributed by atoms with Crippen LogP contribution in [0, 0.1) is 0 Å². The van der Waals surface area contributed by atoms with Crippen LogP contribution in [0.25, 0.3) is 0 Å². The summed E-state index contributed by atoms with van der Waals surface area (Å²) < 4.78 is 0. The molecule has 0 aliphatic carbocycles. The summed E-state index contributed by atoms with van der Waals surface area (Å²) in [7, 11) is 3.37. The fourth-order valence-corrected chi connectivity index (χ4v) is 2.07. The van der Waals surface area contributed by atoms with Crippen LogP contribution in [0.4, 0.5) is 0 Å². The molecule has 6 nitrogen and oxygen atoms in total. The summed E-state index contributed by atoms with van der Waals surface area (Å²) in [6.07, 6.45) is 0. The monoisotopic (exact) mass is 310 g/mol. The van der Waals surface area contributed by atoms with E-state index < -0.39 is 5.97 Å². The highest BCUT2D eigenvalue weighted by molar-refractivity contribution is 8.00. The molecule has 7 heteroatoms. The average Bonchev–Trinajstić information content (AvgIpc) is 2.44. The maximum absolute atomic E-state index is 11.7. The number of rotatable bonds is 7. The minimum absolute atomic E-state index is 0.0735. The Morgan fingerprint density at radius 3 is 2.29 bits per heavy atom. The largest absolute Gasteiger partial charge is 0.481 e. The quantitative estimate of drug-likeness (QED) is 0.779. The van der Waals surface area contributed by atoms with Crippen LogP contribution < -0.4 is 5.32 Å². The van der Waals surface area contributed by atoms with Gasteiger partial charge in [-0.3, -0.25) is 14.4 Å². The topological polar surface area (TPSA) is 86.7 Å². The lowest BCUT2D eigenvalue weighted by atomic mass is 10.1. The van der Waals surface area contributed by atoms with Crippen molar-refractivity contribution in [1.82, 2.24) is 10.2 Å². The Morgan fingerprint density at radius 2 is 1.76 bits per heavy atom. The van der Waals surface area contributed by atoms with E-state index in [-0.39, 0.29) is 23.3 Å². The zero-order chi connectivity index (χ0) is 15.8. The van der Waals surface area contributed by atoms with Crippen molar-refractivity contribution in [3.63, 3.8) is 0 Å². The fraction of sp³-hybridized carbons (Fsp3) is 0.357. The minimum atomic E-state index is -0.936. The Labute approximate surface area is 127 Å². The third-order valence-corrected chi connectivity index (χ3v) is 3.47. The van der Waals surface area contributed by atoms with E-state index >= 15 is 0 Å². The molecule has 114 valence electrons. The van der Waals surface area contributed by atoms with Crippen molar-refractivity contribution in [1.29, 1.82) is 0 Å². The van der Waals surface area contributed by atoms with Gasteiger partial charge >= 0.3 is 5.97 Å². The molecular formula is C14H18N2O4S. The number of nitrogens with zero attached hydrogens (tertiary/aromatic N) is 1. The second kappa shape index (κ2) is 8.31. The first kappa shape index (κ1) is 17.0. The van der Waals surface area contributed by atoms with Crippen molar-refractivity contribution in [3.05, 3.63) is 35.4 Å². The number of hydrogen-bond acceptors (Lipinski definition) is 4. The van der Waals surface area contributed by atoms with Crippen LogP contribution in [-0.4, -0.2) is 53.4 Å². The van der Waals surface area contributed by atoms with E-state index in [1.54, 1.807) is 38.4 Å². The molecule has 0 radical (unpaired) electrons. The lowest BCUT2D eigenvalue weighted by molar-refractivity contribution is -0.133. The molecule has 0 saturated carbocycles. The third-order valence-electron chi connectivity index (χ3n) is 2.56. The lowest BCUT2D eigenvalue weighted by Crippen LogP contribution is -2.25. The number of amides is 2. The summed E-state index contributed by atoms with van der Waals surface area (Å²) >= 11 is 1.05. The molecule has 2 amide bonds. The van der Waals surface area contributed by atoms with Crippen LogP contribution in [0.3, 0.4) is 0 Å². The van der Waals surface area contributed by atoms with Gasteiger partial charge in [-0.25, -0.2) is 0 Å². The van der Waals surface area contributed by atoms with Crippen LogP contribution in [0.5, 0.6) is 0 Å². The molecule has 0 aromatic heterocycles. The molecule has 1 aromatic rings. The predicted molar refractivity (Wildman–Crippen MR) is 81.3 cm³/mol. The molecule has 0 bridgehead atoms. The minimum Gasteiger partial charge on any atom is -0.481 e. The summed E-state index contributed by atoms with van der Waals surface area (Å²) in [6, 6.07) is 6.98. The Hall–Kier alpha value is -2.02. The normalized spacial score (nSPS) is 10.0. The van der Waals surface area contributed by atoms with E-state index in [2.05, 4.69) is 5.32 Å². The first-order valence-corrected chi connectivity index (χ1v) is 7.42. The van der Waals surface area contributed by atoms with Gasteiger partial charge in [-0.15, -0.1) is 11.8 Å². The van der Waals surface area contributed by atoms with Crippen LogP contribution in [0.15, 0.2) is 24.3 Å². The van der Waals surface area contributed by atoms with Crippen molar-refractivity contribution in [2.75, 3.05) is 25.6 Å². The SMILES string of the molecule is CN(C)C(=O)c1ccc(CNC(=O)CSCC(=O)O)cc1. The first-order valence-electron chi connectivity index (χ1n) is 6.27. The summed E-state index contributed by atoms with van der Waals surface area (Å²) in [6.45, 7) is 0.350. The zero-order valence-corrected chi connectivity index (χ0v) is 12.8. The van der Waals surface area contributed by atoms with Crippen LogP contribution in [0.1, 0.15) is 15.9 Å². The third kappa shape index (κ3) is 6.31. The summed E-state index contributed by atoms with van der Waals surface area (Å²) in [5, 5.41) is 11.2. The number of carbonyl (C=O) groups is 3. The second-order valence-electron chi connectivity index (χ2n) is 4.56. The Bertz CT molecular complexity index is 514. The van der Waals surface area contributed by atoms with E-state index in [0.29, 0.717) is 12.1 Å². The molecule has 0 spiro atoms. The van der Waals surface area contributed by atoms with Gasteiger partial charge in [0, 0.05) is 26.2 Å². The van der Waals surface area contributed by atoms with Gasteiger partial charge in [0.2, 0.25) is 5.91 Å². The highest BCUT2D eigenvalue weighted by Gasteiger charge is 2.08. The number of benzene rings is 1. The smallest absolute Gasteiger partial charge is 0.313 e. The van der Waals surface area contributed by atoms with Crippen molar-refractivity contribution in [3.8, 4) is 0 Å². The molecule has 0 heterocycles. The van der Waals surface area contributed by atoms with E-state index in [0.717, 1.165) is 17.3 Å². The number of aliphatic carboxylic acids is 1. The summed E-state index contributed by atoms with van der Waals surface area (Å²) in [5.41, 5.74) is 1.47. The lowest BCUT2D eigenvalue weighted by Gasteiger charge is -2.10. The van der Waals surface area contributed by atoms with Crippen LogP contribution in [-0.2, 0) is 16.1 Å². The van der Waals surface area contributed by atoms with Gasteiger partial charge in [0.1, 0.15) is 0 Å². The molecule has 0 aliphatic rings. The van der Waals surface area contributed by atoms with Gasteiger partial charge in [-0.2, -0.15) is 0 Å². The molecule has 0 unspecified atom stereocenters. The van der Waals surface area contributed by atoms with Crippen LogP contribution >= 0.6 is 11.8 Å². The molecule has 0 fully saturated rings. The molecule has 0 aliphatic heterocycles. The summed E-state index contributed by atoms with van der Waals surface area (Å²) in [4.78, 5) is 35.0. The van der Waals surface area contributed by atoms with Gasteiger partial charge in [0.15, 0.2) is 0 Å². The van der Waals surface area contributed by atoms with Gasteiger partial charge in [-0.05, 0) is 17.7 Å². The molecule has 1 aromatic carbocycles. The fourth-order valence-electron chi connectivity index (χ4n) is 1.51. The van der Waals surface area contributed by atoms with Crippen LogP contribution in [0.2, 0.25) is 0 Å². The number of nitrogens with one attached hydrogen (secondary N) is 1. The van der Waals surface area contributed by atoms with Gasteiger partial charge in [0.05, 0.1) is 11.5 Å². The molecule has 0 atom stereocenters. The average molecular weight is 310 g/mol. The number of thioether (sulfide) groups is 1. The highest BCUT2D eigenvalue weighted by atomic mass is 32.2. The first-order chi connectivity index (χ1) is 9.90. The number of hydrogen-bond donors (Lipinski definition) is 2. The standard InChI is InChI=1S/C14H18N2O4S/c1-16(2)14(20)11-5-3-10(4-6-11)7-15-12(17)8-21-9-13(18)19/h3-6H,7-9H2,1-2H3,(H,15,17)(H,18,19). The van der Waals surface area contributed by atoms with Gasteiger partial charge < -0.3 is 15.3 Å². The van der Waals surface area contributed by atoms with Gasteiger partial charge in [-0.1, -0.05) is 12.1 Å².